The van der Waals surface area contributed by atoms with Crippen LogP contribution in [0.3, 0.4) is 0 Å². The number of hydrazine groups is 1. The van der Waals surface area contributed by atoms with Crippen molar-refractivity contribution < 1.29 is 22.7 Å². The van der Waals surface area contributed by atoms with Gasteiger partial charge >= 0.3 is 6.18 Å². The summed E-state index contributed by atoms with van der Waals surface area (Å²) in [6.45, 7) is 4.55. The lowest BCUT2D eigenvalue weighted by atomic mass is 9.92. The summed E-state index contributed by atoms with van der Waals surface area (Å²) in [5, 5.41) is 4.08. The van der Waals surface area contributed by atoms with Crippen LogP contribution in [0.15, 0.2) is 48.0 Å². The fourth-order valence-corrected chi connectivity index (χ4v) is 3.35. The predicted octanol–water partition coefficient (Wildman–Crippen LogP) is 3.52. The van der Waals surface area contributed by atoms with Crippen molar-refractivity contribution in [2.24, 2.45) is 0 Å². The van der Waals surface area contributed by atoms with Gasteiger partial charge in [-0.3, -0.25) is 4.79 Å². The molecule has 3 heterocycles. The van der Waals surface area contributed by atoms with Crippen LogP contribution in [0.2, 0.25) is 0 Å². The average Bonchev–Trinajstić information content (AvgIpc) is 3.15. The van der Waals surface area contributed by atoms with Crippen molar-refractivity contribution in [3.63, 3.8) is 0 Å². The Labute approximate surface area is 161 Å². The largest absolute Gasteiger partial charge is 0.481 e. The zero-order chi connectivity index (χ0) is 20.5. The molecule has 0 fully saturated rings. The Morgan fingerprint density at radius 3 is 2.64 bits per heavy atom. The molecule has 3 aliphatic rings. The predicted molar refractivity (Wildman–Crippen MR) is 99.8 cm³/mol. The molecule has 150 valence electrons. The number of nitrogens with zero attached hydrogens (tertiary/aromatic N) is 1. The van der Waals surface area contributed by atoms with Gasteiger partial charge < -0.3 is 10.1 Å². The number of amides is 1. The van der Waals surface area contributed by atoms with Gasteiger partial charge in [0.05, 0.1) is 12.8 Å². The number of hydrogen-bond acceptors (Lipinski definition) is 4. The summed E-state index contributed by atoms with van der Waals surface area (Å²) in [6, 6.07) is 3.54. The lowest BCUT2D eigenvalue weighted by Crippen LogP contribution is -2.44. The van der Waals surface area contributed by atoms with E-state index in [0.29, 0.717) is 29.8 Å². The number of ether oxygens (including phenoxy) is 1. The molecule has 1 aromatic rings. The highest BCUT2D eigenvalue weighted by atomic mass is 19.4. The molecule has 3 aliphatic heterocycles. The van der Waals surface area contributed by atoms with Crippen LogP contribution in [0.25, 0.3) is 5.57 Å². The monoisotopic (exact) mass is 393 g/mol. The van der Waals surface area contributed by atoms with E-state index in [-0.39, 0.29) is 11.8 Å². The smallest absolute Gasteiger partial charge is 0.409 e. The zero-order valence-electron chi connectivity index (χ0n) is 15.9. The fourth-order valence-electron chi connectivity index (χ4n) is 3.35. The third-order valence-corrected chi connectivity index (χ3v) is 4.63. The molecule has 8 heteroatoms. The van der Waals surface area contributed by atoms with Crippen molar-refractivity contribution in [2.45, 2.75) is 32.5 Å². The Morgan fingerprint density at radius 1 is 1.21 bits per heavy atom. The van der Waals surface area contributed by atoms with Crippen LogP contribution in [0, 0.1) is 0 Å². The van der Waals surface area contributed by atoms with Crippen LogP contribution in [0.5, 0.6) is 0 Å². The minimum atomic E-state index is -4.41. The van der Waals surface area contributed by atoms with Crippen molar-refractivity contribution >= 4 is 11.5 Å². The summed E-state index contributed by atoms with van der Waals surface area (Å²) in [5.74, 6) is 0.154. The van der Waals surface area contributed by atoms with E-state index < -0.39 is 12.2 Å². The van der Waals surface area contributed by atoms with Gasteiger partial charge in [0.2, 0.25) is 5.88 Å². The topological polar surface area (TPSA) is 53.6 Å². The van der Waals surface area contributed by atoms with Gasteiger partial charge in [-0.05, 0) is 35.8 Å². The van der Waals surface area contributed by atoms with Crippen molar-refractivity contribution in [1.29, 1.82) is 0 Å². The van der Waals surface area contributed by atoms with Crippen LogP contribution >= 0.6 is 0 Å². The maximum atomic E-state index is 13.2. The quantitative estimate of drug-likeness (QED) is 0.807. The van der Waals surface area contributed by atoms with Crippen molar-refractivity contribution in [3.05, 3.63) is 64.7 Å². The minimum absolute atomic E-state index is 0.127. The van der Waals surface area contributed by atoms with Gasteiger partial charge in [0.15, 0.2) is 0 Å². The number of methoxy groups -OCH3 is 1. The first kappa shape index (κ1) is 20.0. The van der Waals surface area contributed by atoms with E-state index >= 15 is 0 Å². The number of halogens is 3. The summed E-state index contributed by atoms with van der Waals surface area (Å²) in [6.07, 6.45) is 0.761. The van der Waals surface area contributed by atoms with E-state index in [1.165, 1.54) is 12.1 Å². The number of rotatable bonds is 2. The van der Waals surface area contributed by atoms with Crippen molar-refractivity contribution in [1.82, 2.24) is 15.8 Å². The molecule has 1 unspecified atom stereocenters. The second-order valence-electron chi connectivity index (χ2n) is 6.20. The zero-order valence-corrected chi connectivity index (χ0v) is 15.9. The Bertz CT molecular complexity index is 872. The number of alkyl halides is 3. The number of hydrogen-bond donors (Lipinski definition) is 2. The van der Waals surface area contributed by atoms with E-state index in [0.717, 1.165) is 17.2 Å². The highest BCUT2D eigenvalue weighted by Crippen LogP contribution is 2.38. The first-order valence-corrected chi connectivity index (χ1v) is 9.11. The van der Waals surface area contributed by atoms with Crippen LogP contribution in [0.4, 0.5) is 13.2 Å². The molecule has 5 nitrogen and oxygen atoms in total. The molecule has 0 aromatic heterocycles. The minimum Gasteiger partial charge on any atom is -0.481 e. The summed E-state index contributed by atoms with van der Waals surface area (Å²) in [7, 11) is 1.41. The molecule has 0 spiro atoms. The molecule has 1 amide bonds. The highest BCUT2D eigenvalue weighted by Gasteiger charge is 2.45. The lowest BCUT2D eigenvalue weighted by Gasteiger charge is -2.29. The van der Waals surface area contributed by atoms with Crippen LogP contribution in [0.1, 0.15) is 35.3 Å². The maximum Gasteiger partial charge on any atom is 0.409 e. The second kappa shape index (κ2) is 7.71. The number of carbonyl (C=O) groups is 1. The van der Waals surface area contributed by atoms with Crippen LogP contribution < -0.4 is 10.7 Å². The number of fused-ring (bicyclic) bond motifs is 2. The first-order valence-electron chi connectivity index (χ1n) is 9.11. The Kier molecular flexibility index (Phi) is 5.51. The number of nitrogens with one attached hydrogen (secondary N) is 2. The van der Waals surface area contributed by atoms with E-state index in [4.69, 9.17) is 4.74 Å². The van der Waals surface area contributed by atoms with E-state index in [9.17, 15) is 18.0 Å². The van der Waals surface area contributed by atoms with Crippen molar-refractivity contribution in [3.8, 4) is 0 Å². The molecule has 4 rings (SSSR count). The lowest BCUT2D eigenvalue weighted by molar-refractivity contribution is -0.149. The SMILES string of the molecule is CC.COC1=CC=C(c2ccc3c(c2)CCNC3=O)C2=CC(C(F)(F)F)NN12. The Hall–Kier alpha value is -2.74. The average molecular weight is 393 g/mol. The standard InChI is InChI=1S/C18H16F3N3O2.C2H6/c1-26-16-5-4-12(14-9-15(18(19,20)21)23-24(14)16)10-2-3-13-11(8-10)6-7-22-17(13)25;1-2/h2-5,8-9,15,23H,6-7H2,1H3,(H,22,25);1-2H3. The molecule has 0 radical (unpaired) electrons. The molecule has 0 saturated carbocycles. The molecule has 2 N–H and O–H groups in total. The van der Waals surface area contributed by atoms with Crippen LogP contribution in [-0.2, 0) is 11.2 Å². The van der Waals surface area contributed by atoms with E-state index in [1.807, 2.05) is 19.9 Å². The summed E-state index contributed by atoms with van der Waals surface area (Å²) in [5.41, 5.74) is 5.69. The molecule has 0 bridgehead atoms. The Balaban J connectivity index is 0.00000109. The summed E-state index contributed by atoms with van der Waals surface area (Å²) in [4.78, 5) is 11.9. The van der Waals surface area contributed by atoms with Gasteiger partial charge in [-0.25, -0.2) is 10.4 Å². The molecular weight excluding hydrogens is 371 g/mol. The second-order valence-corrected chi connectivity index (χ2v) is 6.20. The molecule has 0 saturated heterocycles. The molecule has 28 heavy (non-hydrogen) atoms. The van der Waals surface area contributed by atoms with Gasteiger partial charge in [0.25, 0.3) is 5.91 Å². The first-order chi connectivity index (χ1) is 13.4. The summed E-state index contributed by atoms with van der Waals surface area (Å²) < 4.78 is 44.7. The number of allylic oxidation sites excluding steroid dienone is 3. The number of benzene rings is 1. The molecule has 0 aliphatic carbocycles. The van der Waals surface area contributed by atoms with Gasteiger partial charge in [0, 0.05) is 23.8 Å². The fraction of sp³-hybridized carbons (Fsp3) is 0.350. The number of carbonyl (C=O) groups excluding carboxylic acids is 1. The molecular formula is C20H22F3N3O2. The third kappa shape index (κ3) is 3.52. The van der Waals surface area contributed by atoms with Crippen LogP contribution in [-0.4, -0.2) is 36.8 Å². The summed E-state index contributed by atoms with van der Waals surface area (Å²) >= 11 is 0. The third-order valence-electron chi connectivity index (χ3n) is 4.63. The Morgan fingerprint density at radius 2 is 1.96 bits per heavy atom. The normalized spacial score (nSPS) is 20.6. The maximum absolute atomic E-state index is 13.2. The molecule has 1 aromatic carbocycles. The van der Waals surface area contributed by atoms with E-state index in [1.54, 1.807) is 24.3 Å². The van der Waals surface area contributed by atoms with Gasteiger partial charge in [0.1, 0.15) is 6.04 Å². The molecule has 1 atom stereocenters. The van der Waals surface area contributed by atoms with E-state index in [2.05, 4.69) is 10.7 Å². The van der Waals surface area contributed by atoms with Gasteiger partial charge in [-0.15, -0.1) is 0 Å². The van der Waals surface area contributed by atoms with Crippen molar-refractivity contribution in [2.75, 3.05) is 13.7 Å². The highest BCUT2D eigenvalue weighted by molar-refractivity contribution is 5.97. The van der Waals surface area contributed by atoms with Gasteiger partial charge in [-0.1, -0.05) is 26.0 Å². The van der Waals surface area contributed by atoms with Gasteiger partial charge in [-0.2, -0.15) is 13.2 Å².